The number of methoxy groups -OCH3 is 2. The molecule has 2 aromatic carbocycles. The number of furan rings is 1. The van der Waals surface area contributed by atoms with Gasteiger partial charge in [0, 0.05) is 23.4 Å². The Morgan fingerprint density at radius 1 is 0.967 bits per heavy atom. The first kappa shape index (κ1) is 21.3. The number of nitrogens with one attached hydrogen (secondary N) is 2. The maximum Gasteiger partial charge on any atom is 0.273 e. The van der Waals surface area contributed by atoms with Crippen LogP contribution in [0.3, 0.4) is 0 Å². The maximum absolute atomic E-state index is 12.3. The third-order valence-electron chi connectivity index (χ3n) is 4.36. The van der Waals surface area contributed by atoms with Crippen LogP contribution in [-0.4, -0.2) is 26.0 Å². The Kier molecular flexibility index (Phi) is 6.98. The number of rotatable bonds is 7. The topological polar surface area (TPSA) is 89.8 Å². The van der Waals surface area contributed by atoms with Crippen LogP contribution in [-0.2, 0) is 11.2 Å². The summed E-state index contributed by atoms with van der Waals surface area (Å²) in [6.07, 6.45) is 0.529. The largest absolute Gasteiger partial charge is 0.497 e. The van der Waals surface area contributed by atoms with Gasteiger partial charge in [0.2, 0.25) is 5.91 Å². The van der Waals surface area contributed by atoms with Crippen molar-refractivity contribution in [3.05, 3.63) is 70.9 Å². The van der Waals surface area contributed by atoms with Gasteiger partial charge in [0.1, 0.15) is 23.0 Å². The van der Waals surface area contributed by atoms with E-state index in [9.17, 15) is 9.59 Å². The Bertz CT molecular complexity index is 1030. The number of aryl methyl sites for hydroxylation is 1. The smallest absolute Gasteiger partial charge is 0.273 e. The monoisotopic (exact) mass is 428 g/mol. The summed E-state index contributed by atoms with van der Waals surface area (Å²) < 4.78 is 16.1. The van der Waals surface area contributed by atoms with Crippen LogP contribution >= 0.6 is 11.6 Å². The van der Waals surface area contributed by atoms with E-state index in [-0.39, 0.29) is 17.9 Å². The molecular weight excluding hydrogens is 408 g/mol. The van der Waals surface area contributed by atoms with Crippen molar-refractivity contribution < 1.29 is 23.5 Å². The van der Waals surface area contributed by atoms with E-state index in [2.05, 4.69) is 10.9 Å². The van der Waals surface area contributed by atoms with Gasteiger partial charge in [-0.25, -0.2) is 0 Å². The standard InChI is InChI=1S/C22H21ClN2O5/c1-28-16-6-3-14(4-7-16)19-11-8-17(30-19)9-12-21(26)24-25-22(27)18-13-15(23)5-10-20(18)29-2/h3-8,10-11,13H,9,12H2,1-2H3,(H,24,26)(H,25,27). The number of carbonyl (C=O) groups excluding carboxylic acids is 2. The molecule has 2 amide bonds. The lowest BCUT2D eigenvalue weighted by Crippen LogP contribution is -2.41. The highest BCUT2D eigenvalue weighted by atomic mass is 35.5. The molecule has 1 aromatic heterocycles. The van der Waals surface area contributed by atoms with Crippen molar-refractivity contribution in [3.63, 3.8) is 0 Å². The SMILES string of the molecule is COc1ccc(-c2ccc(CCC(=O)NNC(=O)c3cc(Cl)ccc3OC)o2)cc1. The normalized spacial score (nSPS) is 10.4. The van der Waals surface area contributed by atoms with E-state index in [1.807, 2.05) is 36.4 Å². The fourth-order valence-electron chi connectivity index (χ4n) is 2.77. The van der Waals surface area contributed by atoms with Gasteiger partial charge >= 0.3 is 0 Å². The summed E-state index contributed by atoms with van der Waals surface area (Å²) in [4.78, 5) is 24.4. The number of amides is 2. The van der Waals surface area contributed by atoms with Crippen molar-refractivity contribution in [2.75, 3.05) is 14.2 Å². The third kappa shape index (κ3) is 5.33. The highest BCUT2D eigenvalue weighted by Gasteiger charge is 2.14. The van der Waals surface area contributed by atoms with Crippen LogP contribution in [0.5, 0.6) is 11.5 Å². The average Bonchev–Trinajstić information content (AvgIpc) is 3.25. The van der Waals surface area contributed by atoms with Gasteiger partial charge in [-0.1, -0.05) is 11.6 Å². The van der Waals surface area contributed by atoms with Gasteiger partial charge in [-0.2, -0.15) is 0 Å². The summed E-state index contributed by atoms with van der Waals surface area (Å²) in [5.41, 5.74) is 5.87. The molecular formula is C22H21ClN2O5. The molecule has 0 aliphatic carbocycles. The quantitative estimate of drug-likeness (QED) is 0.555. The Morgan fingerprint density at radius 3 is 2.43 bits per heavy atom. The van der Waals surface area contributed by atoms with Crippen molar-refractivity contribution in [3.8, 4) is 22.8 Å². The zero-order chi connectivity index (χ0) is 21.5. The minimum Gasteiger partial charge on any atom is -0.497 e. The summed E-state index contributed by atoms with van der Waals surface area (Å²) in [5.74, 6) is 1.61. The highest BCUT2D eigenvalue weighted by Crippen LogP contribution is 2.25. The second-order valence-corrected chi connectivity index (χ2v) is 6.78. The van der Waals surface area contributed by atoms with Crippen LogP contribution in [0.1, 0.15) is 22.5 Å². The first-order chi connectivity index (χ1) is 14.5. The van der Waals surface area contributed by atoms with Gasteiger partial charge < -0.3 is 13.9 Å². The van der Waals surface area contributed by atoms with E-state index in [1.165, 1.54) is 13.2 Å². The second-order valence-electron chi connectivity index (χ2n) is 6.34. The van der Waals surface area contributed by atoms with E-state index in [4.69, 9.17) is 25.5 Å². The Morgan fingerprint density at radius 2 is 1.73 bits per heavy atom. The molecule has 0 spiro atoms. The molecule has 156 valence electrons. The summed E-state index contributed by atoms with van der Waals surface area (Å²) in [7, 11) is 3.06. The van der Waals surface area contributed by atoms with Gasteiger partial charge in [-0.05, 0) is 54.6 Å². The fourth-order valence-corrected chi connectivity index (χ4v) is 2.95. The number of benzene rings is 2. The van der Waals surface area contributed by atoms with Crippen molar-refractivity contribution in [2.45, 2.75) is 12.8 Å². The predicted molar refractivity (Wildman–Crippen MR) is 113 cm³/mol. The third-order valence-corrected chi connectivity index (χ3v) is 4.59. The Hall–Kier alpha value is -3.45. The van der Waals surface area contributed by atoms with E-state index < -0.39 is 5.91 Å². The molecule has 0 atom stereocenters. The zero-order valence-corrected chi connectivity index (χ0v) is 17.3. The summed E-state index contributed by atoms with van der Waals surface area (Å²) in [6.45, 7) is 0. The lowest BCUT2D eigenvalue weighted by atomic mass is 10.2. The van der Waals surface area contributed by atoms with Crippen LogP contribution < -0.4 is 20.3 Å². The minimum atomic E-state index is -0.525. The summed E-state index contributed by atoms with van der Waals surface area (Å²) in [6, 6.07) is 15.8. The molecule has 0 aliphatic rings. The molecule has 8 heteroatoms. The molecule has 0 saturated heterocycles. The van der Waals surface area contributed by atoms with Crippen molar-refractivity contribution in [2.24, 2.45) is 0 Å². The molecule has 3 aromatic rings. The Labute approximate surface area is 178 Å². The van der Waals surface area contributed by atoms with E-state index >= 15 is 0 Å². The van der Waals surface area contributed by atoms with E-state index in [1.54, 1.807) is 19.2 Å². The van der Waals surface area contributed by atoms with Crippen molar-refractivity contribution >= 4 is 23.4 Å². The molecule has 0 aliphatic heterocycles. The van der Waals surface area contributed by atoms with Crippen LogP contribution in [0.2, 0.25) is 5.02 Å². The van der Waals surface area contributed by atoms with E-state index in [0.717, 1.165) is 11.3 Å². The highest BCUT2D eigenvalue weighted by molar-refractivity contribution is 6.31. The molecule has 3 rings (SSSR count). The van der Waals surface area contributed by atoms with Crippen LogP contribution in [0.25, 0.3) is 11.3 Å². The number of carbonyl (C=O) groups is 2. The van der Waals surface area contributed by atoms with Crippen LogP contribution in [0.15, 0.2) is 59.0 Å². The van der Waals surface area contributed by atoms with Gasteiger partial charge in [0.05, 0.1) is 19.8 Å². The van der Waals surface area contributed by atoms with E-state index in [0.29, 0.717) is 28.7 Å². The number of halogens is 1. The van der Waals surface area contributed by atoms with Gasteiger partial charge in [-0.15, -0.1) is 0 Å². The molecule has 0 saturated carbocycles. The second kappa shape index (κ2) is 9.84. The molecule has 0 bridgehead atoms. The maximum atomic E-state index is 12.3. The molecule has 2 N–H and O–H groups in total. The zero-order valence-electron chi connectivity index (χ0n) is 16.5. The molecule has 30 heavy (non-hydrogen) atoms. The van der Waals surface area contributed by atoms with Crippen LogP contribution in [0, 0.1) is 0 Å². The molecule has 1 heterocycles. The number of ether oxygens (including phenoxy) is 2. The first-order valence-electron chi connectivity index (χ1n) is 9.16. The predicted octanol–water partition coefficient (Wildman–Crippen LogP) is 4.01. The molecule has 0 unspecified atom stereocenters. The van der Waals surface area contributed by atoms with Crippen LogP contribution in [0.4, 0.5) is 0 Å². The van der Waals surface area contributed by atoms with Gasteiger partial charge in [-0.3, -0.25) is 20.4 Å². The molecule has 7 nitrogen and oxygen atoms in total. The van der Waals surface area contributed by atoms with Gasteiger partial charge in [0.25, 0.3) is 5.91 Å². The van der Waals surface area contributed by atoms with Crippen molar-refractivity contribution in [1.29, 1.82) is 0 Å². The van der Waals surface area contributed by atoms with Gasteiger partial charge in [0.15, 0.2) is 0 Å². The lowest BCUT2D eigenvalue weighted by molar-refractivity contribution is -0.121. The Balaban J connectivity index is 1.51. The number of hydrogen-bond donors (Lipinski definition) is 2. The molecule has 0 radical (unpaired) electrons. The summed E-state index contributed by atoms with van der Waals surface area (Å²) >= 11 is 5.92. The number of hydrogen-bond acceptors (Lipinski definition) is 5. The lowest BCUT2D eigenvalue weighted by Gasteiger charge is -2.10. The molecule has 0 fully saturated rings. The fraction of sp³-hybridized carbons (Fsp3) is 0.182. The first-order valence-corrected chi connectivity index (χ1v) is 9.54. The summed E-state index contributed by atoms with van der Waals surface area (Å²) in [5, 5.41) is 0.387. The average molecular weight is 429 g/mol. The minimum absolute atomic E-state index is 0.141. The van der Waals surface area contributed by atoms with Crippen molar-refractivity contribution in [1.82, 2.24) is 10.9 Å². The number of hydrazine groups is 1.